The van der Waals surface area contributed by atoms with Gasteiger partial charge < -0.3 is 10.2 Å². The Hall–Kier alpha value is -3.36. The number of carbonyl (C=O) groups excluding carboxylic acids is 2. The number of halogens is 1. The Morgan fingerprint density at radius 3 is 2.14 bits per heavy atom. The Balaban J connectivity index is 2.04. The van der Waals surface area contributed by atoms with Gasteiger partial charge >= 0.3 is 0 Å². The Morgan fingerprint density at radius 1 is 0.919 bits per heavy atom. The van der Waals surface area contributed by atoms with E-state index in [1.54, 1.807) is 24.3 Å². The summed E-state index contributed by atoms with van der Waals surface area (Å²) >= 11 is 6.30. The van der Waals surface area contributed by atoms with Crippen molar-refractivity contribution < 1.29 is 18.0 Å². The van der Waals surface area contributed by atoms with E-state index in [4.69, 9.17) is 11.6 Å². The number of amides is 2. The molecule has 7 nitrogen and oxygen atoms in total. The molecular formula is C28H32ClN3O4S. The van der Waals surface area contributed by atoms with Crippen LogP contribution in [0.1, 0.15) is 23.6 Å². The Bertz CT molecular complexity index is 1310. The minimum absolute atomic E-state index is 0.133. The molecule has 2 amide bonds. The molecule has 9 heteroatoms. The molecule has 0 aliphatic heterocycles. The van der Waals surface area contributed by atoms with Crippen LogP contribution < -0.4 is 9.62 Å². The molecule has 0 radical (unpaired) electrons. The standard InChI is InChI=1S/C28H32ClN3O4S/c1-4-30-28(34)26(18-22-10-6-5-7-11-22)31(19-23-16-14-21(2)15-17-23)27(33)20-32(37(3,35)36)25-13-9-8-12-24(25)29/h5-17,26H,4,18-20H2,1-3H3,(H,30,34)/t26-/m0/s1. The molecule has 0 heterocycles. The first-order valence-electron chi connectivity index (χ1n) is 12.0. The quantitative estimate of drug-likeness (QED) is 0.394. The number of anilines is 1. The summed E-state index contributed by atoms with van der Waals surface area (Å²) in [6.45, 7) is 3.80. The topological polar surface area (TPSA) is 86.8 Å². The Morgan fingerprint density at radius 2 is 1.54 bits per heavy atom. The summed E-state index contributed by atoms with van der Waals surface area (Å²) < 4.78 is 26.5. The highest BCUT2D eigenvalue weighted by atomic mass is 35.5. The van der Waals surface area contributed by atoms with Gasteiger partial charge in [0.15, 0.2) is 0 Å². The van der Waals surface area contributed by atoms with Crippen LogP contribution in [0.3, 0.4) is 0 Å². The van der Waals surface area contributed by atoms with E-state index in [1.165, 1.54) is 4.90 Å². The van der Waals surface area contributed by atoms with Gasteiger partial charge in [-0.1, -0.05) is 83.9 Å². The average Bonchev–Trinajstić information content (AvgIpc) is 2.86. The van der Waals surface area contributed by atoms with Gasteiger partial charge in [0.1, 0.15) is 12.6 Å². The maximum atomic E-state index is 13.9. The van der Waals surface area contributed by atoms with Crippen molar-refractivity contribution in [3.05, 3.63) is 101 Å². The van der Waals surface area contributed by atoms with Gasteiger partial charge in [-0.15, -0.1) is 0 Å². The lowest BCUT2D eigenvalue weighted by molar-refractivity contribution is -0.140. The predicted molar refractivity (Wildman–Crippen MR) is 148 cm³/mol. The Kier molecular flexibility index (Phi) is 9.72. The van der Waals surface area contributed by atoms with Crippen LogP contribution in [0.2, 0.25) is 5.02 Å². The number of aryl methyl sites for hydroxylation is 1. The second kappa shape index (κ2) is 12.7. The lowest BCUT2D eigenvalue weighted by Gasteiger charge is -2.33. The van der Waals surface area contributed by atoms with Gasteiger partial charge in [0, 0.05) is 19.5 Å². The monoisotopic (exact) mass is 541 g/mol. The third-order valence-corrected chi connectivity index (χ3v) is 7.34. The van der Waals surface area contributed by atoms with Crippen molar-refractivity contribution >= 4 is 39.1 Å². The van der Waals surface area contributed by atoms with Crippen molar-refractivity contribution in [1.82, 2.24) is 10.2 Å². The predicted octanol–water partition coefficient (Wildman–Crippen LogP) is 4.19. The summed E-state index contributed by atoms with van der Waals surface area (Å²) in [5.74, 6) is -0.825. The molecule has 0 saturated heterocycles. The third kappa shape index (κ3) is 7.81. The van der Waals surface area contributed by atoms with Crippen LogP contribution in [-0.2, 0) is 32.6 Å². The molecule has 0 fully saturated rings. The molecule has 3 aromatic rings. The van der Waals surface area contributed by atoms with Crippen molar-refractivity contribution in [3.63, 3.8) is 0 Å². The summed E-state index contributed by atoms with van der Waals surface area (Å²) in [5, 5.41) is 3.04. The fraction of sp³-hybridized carbons (Fsp3) is 0.286. The molecule has 0 saturated carbocycles. The molecule has 0 aliphatic rings. The molecule has 0 unspecified atom stereocenters. The van der Waals surface area contributed by atoms with E-state index in [0.717, 1.165) is 27.3 Å². The van der Waals surface area contributed by atoms with Gasteiger partial charge in [-0.05, 0) is 37.1 Å². The molecule has 0 aliphatic carbocycles. The van der Waals surface area contributed by atoms with Crippen LogP contribution in [-0.4, -0.2) is 50.5 Å². The zero-order valence-electron chi connectivity index (χ0n) is 21.2. The number of nitrogens with zero attached hydrogens (tertiary/aromatic N) is 2. The summed E-state index contributed by atoms with van der Waals surface area (Å²) in [7, 11) is -3.86. The van der Waals surface area contributed by atoms with Crippen LogP contribution in [0.25, 0.3) is 0 Å². The van der Waals surface area contributed by atoms with Crippen LogP contribution in [0, 0.1) is 6.92 Å². The molecule has 0 bridgehead atoms. The Labute approximate surface area is 224 Å². The van der Waals surface area contributed by atoms with Crippen molar-refractivity contribution in [2.75, 3.05) is 23.7 Å². The van der Waals surface area contributed by atoms with E-state index in [-0.39, 0.29) is 29.6 Å². The smallest absolute Gasteiger partial charge is 0.244 e. The highest BCUT2D eigenvalue weighted by Gasteiger charge is 2.33. The number of nitrogens with one attached hydrogen (secondary N) is 1. The highest BCUT2D eigenvalue weighted by molar-refractivity contribution is 7.92. The number of rotatable bonds is 11. The van der Waals surface area contributed by atoms with Crippen LogP contribution >= 0.6 is 11.6 Å². The summed E-state index contributed by atoms with van der Waals surface area (Å²) in [6, 6.07) is 22.7. The summed E-state index contributed by atoms with van der Waals surface area (Å²) in [6.07, 6.45) is 1.30. The number of likely N-dealkylation sites (N-methyl/N-ethyl adjacent to an activating group) is 1. The van der Waals surface area contributed by atoms with Crippen LogP contribution in [0.15, 0.2) is 78.9 Å². The molecule has 1 atom stereocenters. The maximum Gasteiger partial charge on any atom is 0.244 e. The van der Waals surface area contributed by atoms with Crippen molar-refractivity contribution in [2.24, 2.45) is 0 Å². The number of carbonyl (C=O) groups is 2. The average molecular weight is 542 g/mol. The minimum Gasteiger partial charge on any atom is -0.355 e. The molecule has 1 N–H and O–H groups in total. The third-order valence-electron chi connectivity index (χ3n) is 5.90. The van der Waals surface area contributed by atoms with Gasteiger partial charge in [0.2, 0.25) is 21.8 Å². The van der Waals surface area contributed by atoms with E-state index in [0.29, 0.717) is 6.54 Å². The molecule has 3 aromatic carbocycles. The van der Waals surface area contributed by atoms with E-state index in [1.807, 2.05) is 68.4 Å². The highest BCUT2D eigenvalue weighted by Crippen LogP contribution is 2.27. The van der Waals surface area contributed by atoms with Crippen molar-refractivity contribution in [3.8, 4) is 0 Å². The second-order valence-corrected chi connectivity index (χ2v) is 11.1. The van der Waals surface area contributed by atoms with Crippen LogP contribution in [0.5, 0.6) is 0 Å². The fourth-order valence-corrected chi connectivity index (χ4v) is 5.13. The maximum absolute atomic E-state index is 13.9. The summed E-state index contributed by atoms with van der Waals surface area (Å²) in [5.41, 5.74) is 2.97. The largest absolute Gasteiger partial charge is 0.355 e. The zero-order valence-corrected chi connectivity index (χ0v) is 22.8. The molecule has 196 valence electrons. The number of benzene rings is 3. The van der Waals surface area contributed by atoms with Gasteiger partial charge in [-0.2, -0.15) is 0 Å². The van der Waals surface area contributed by atoms with Gasteiger partial charge in [-0.25, -0.2) is 8.42 Å². The lowest BCUT2D eigenvalue weighted by atomic mass is 10.0. The van der Waals surface area contributed by atoms with Gasteiger partial charge in [0.25, 0.3) is 0 Å². The lowest BCUT2D eigenvalue weighted by Crippen LogP contribution is -2.53. The first-order chi connectivity index (χ1) is 17.6. The fourth-order valence-electron chi connectivity index (χ4n) is 3.98. The SMILES string of the molecule is CCNC(=O)[C@H](Cc1ccccc1)N(Cc1ccc(C)cc1)C(=O)CN(c1ccccc1Cl)S(C)(=O)=O. The number of hydrogen-bond donors (Lipinski definition) is 1. The van der Waals surface area contributed by atoms with Gasteiger partial charge in [0.05, 0.1) is 17.0 Å². The van der Waals surface area contributed by atoms with Crippen LogP contribution in [0.4, 0.5) is 5.69 Å². The first-order valence-corrected chi connectivity index (χ1v) is 14.2. The molecular weight excluding hydrogens is 510 g/mol. The molecule has 0 aromatic heterocycles. The summed E-state index contributed by atoms with van der Waals surface area (Å²) in [4.78, 5) is 28.6. The van der Waals surface area contributed by atoms with E-state index >= 15 is 0 Å². The zero-order chi connectivity index (χ0) is 27.0. The molecule has 3 rings (SSSR count). The number of hydrogen-bond acceptors (Lipinski definition) is 4. The molecule has 37 heavy (non-hydrogen) atoms. The number of sulfonamides is 1. The van der Waals surface area contributed by atoms with E-state index in [9.17, 15) is 18.0 Å². The van der Waals surface area contributed by atoms with Gasteiger partial charge in [-0.3, -0.25) is 13.9 Å². The van der Waals surface area contributed by atoms with E-state index in [2.05, 4.69) is 5.32 Å². The first kappa shape index (κ1) is 28.2. The minimum atomic E-state index is -3.86. The molecule has 0 spiro atoms. The second-order valence-electron chi connectivity index (χ2n) is 8.83. The van der Waals surface area contributed by atoms with Crippen molar-refractivity contribution in [1.29, 1.82) is 0 Å². The van der Waals surface area contributed by atoms with Crippen molar-refractivity contribution in [2.45, 2.75) is 32.9 Å². The number of para-hydroxylation sites is 1. The van der Waals surface area contributed by atoms with E-state index < -0.39 is 28.5 Å². The normalized spacial score (nSPS) is 12.0.